The monoisotopic (exact) mass is 574 g/mol. The molecule has 206 valence electrons. The second kappa shape index (κ2) is 11.4. The van der Waals surface area contributed by atoms with Crippen LogP contribution in [0, 0.1) is 27.7 Å². The van der Waals surface area contributed by atoms with Crippen LogP contribution in [0.2, 0.25) is 0 Å². The fraction of sp³-hybridized carbons (Fsp3) is 0.267. The van der Waals surface area contributed by atoms with E-state index in [2.05, 4.69) is 10.6 Å². The molecule has 4 amide bonds. The van der Waals surface area contributed by atoms with E-state index in [1.807, 2.05) is 88.4 Å². The van der Waals surface area contributed by atoms with Crippen LogP contribution < -0.4 is 10.6 Å². The first-order chi connectivity index (χ1) is 19.1. The van der Waals surface area contributed by atoms with Crippen LogP contribution in [0.4, 0.5) is 21.0 Å². The molecule has 3 aromatic carbocycles. The summed E-state index contributed by atoms with van der Waals surface area (Å²) < 4.78 is 0. The SMILES string of the molecule is Cc1ccc(N[C@H]2SC(=O)N(Cc3ccc(CN4C(=O)S[C@H](Nc5ccc(C)cc5C)C4=O)cc3)C2=O)c(C)c1. The quantitative estimate of drug-likeness (QED) is 0.329. The molecule has 0 bridgehead atoms. The molecule has 40 heavy (non-hydrogen) atoms. The van der Waals surface area contributed by atoms with Crippen LogP contribution in [0.3, 0.4) is 0 Å². The standard InChI is InChI=1S/C30H30N4O4S2/c1-17-5-11-23(19(3)13-17)31-25-27(35)33(29(37)39-25)15-21-7-9-22(10-8-21)16-34-28(36)26(40-30(34)38)32-24-12-6-18(2)14-20(24)4/h5-14,25-26,31-32H,15-16H2,1-4H3/t25-,26-/m0/s1. The van der Waals surface area contributed by atoms with Crippen molar-refractivity contribution in [2.24, 2.45) is 0 Å². The molecule has 0 radical (unpaired) electrons. The number of aryl methyl sites for hydroxylation is 4. The third-order valence-corrected chi connectivity index (χ3v) is 8.85. The molecule has 8 nitrogen and oxygen atoms in total. The lowest BCUT2D eigenvalue weighted by molar-refractivity contribution is -0.127. The third-order valence-electron chi connectivity index (χ3n) is 6.90. The van der Waals surface area contributed by atoms with Gasteiger partial charge in [0.1, 0.15) is 0 Å². The Kier molecular flexibility index (Phi) is 7.91. The summed E-state index contributed by atoms with van der Waals surface area (Å²) in [6.07, 6.45) is 0. The number of carbonyl (C=O) groups excluding carboxylic acids is 4. The summed E-state index contributed by atoms with van der Waals surface area (Å²) >= 11 is 1.94. The molecule has 5 rings (SSSR count). The van der Waals surface area contributed by atoms with E-state index < -0.39 is 10.7 Å². The van der Waals surface area contributed by atoms with E-state index in [1.165, 1.54) is 9.80 Å². The number of carbonyl (C=O) groups is 4. The van der Waals surface area contributed by atoms with Crippen molar-refractivity contribution in [3.05, 3.63) is 94.0 Å². The van der Waals surface area contributed by atoms with Crippen LogP contribution in [0.25, 0.3) is 0 Å². The van der Waals surface area contributed by atoms with Gasteiger partial charge in [0.25, 0.3) is 22.3 Å². The Morgan fingerprint density at radius 3 is 1.32 bits per heavy atom. The predicted molar refractivity (Wildman–Crippen MR) is 160 cm³/mol. The lowest BCUT2D eigenvalue weighted by Gasteiger charge is -2.17. The summed E-state index contributed by atoms with van der Waals surface area (Å²) in [5.74, 6) is -0.571. The molecule has 0 aromatic heterocycles. The van der Waals surface area contributed by atoms with E-state index in [-0.39, 0.29) is 35.4 Å². The van der Waals surface area contributed by atoms with Gasteiger partial charge in [-0.15, -0.1) is 0 Å². The predicted octanol–water partition coefficient (Wildman–Crippen LogP) is 6.19. The van der Waals surface area contributed by atoms with Crippen molar-refractivity contribution in [3.8, 4) is 0 Å². The summed E-state index contributed by atoms with van der Waals surface area (Å²) in [7, 11) is 0. The van der Waals surface area contributed by atoms with Crippen LogP contribution in [0.15, 0.2) is 60.7 Å². The van der Waals surface area contributed by atoms with E-state index >= 15 is 0 Å². The Balaban J connectivity index is 1.19. The van der Waals surface area contributed by atoms with Gasteiger partial charge in [0, 0.05) is 11.4 Å². The van der Waals surface area contributed by atoms with Crippen LogP contribution in [-0.4, -0.2) is 42.8 Å². The van der Waals surface area contributed by atoms with E-state index in [0.717, 1.165) is 68.3 Å². The smallest absolute Gasteiger partial charge is 0.291 e. The van der Waals surface area contributed by atoms with Crippen molar-refractivity contribution in [1.29, 1.82) is 0 Å². The molecule has 0 unspecified atom stereocenters. The zero-order valence-corrected chi connectivity index (χ0v) is 24.3. The first-order valence-corrected chi connectivity index (χ1v) is 14.6. The molecule has 10 heteroatoms. The van der Waals surface area contributed by atoms with Gasteiger partial charge in [-0.2, -0.15) is 0 Å². The van der Waals surface area contributed by atoms with Crippen LogP contribution in [0.5, 0.6) is 0 Å². The van der Waals surface area contributed by atoms with Gasteiger partial charge in [-0.1, -0.05) is 59.7 Å². The number of thioether (sulfide) groups is 2. The minimum Gasteiger partial charge on any atom is -0.365 e. The van der Waals surface area contributed by atoms with Gasteiger partial charge < -0.3 is 10.6 Å². The maximum Gasteiger partial charge on any atom is 0.291 e. The highest BCUT2D eigenvalue weighted by atomic mass is 32.2. The number of nitrogens with zero attached hydrogens (tertiary/aromatic N) is 2. The topological polar surface area (TPSA) is 98.8 Å². The summed E-state index contributed by atoms with van der Waals surface area (Å²) in [5.41, 5.74) is 7.48. The van der Waals surface area contributed by atoms with Gasteiger partial charge in [0.05, 0.1) is 13.1 Å². The van der Waals surface area contributed by atoms with Crippen molar-refractivity contribution in [1.82, 2.24) is 9.80 Å². The van der Waals surface area contributed by atoms with Crippen molar-refractivity contribution < 1.29 is 19.2 Å². The number of anilines is 2. The van der Waals surface area contributed by atoms with Gasteiger partial charge in [-0.05, 0) is 85.6 Å². The lowest BCUT2D eigenvalue weighted by Crippen LogP contribution is -2.34. The maximum atomic E-state index is 13.0. The number of nitrogens with one attached hydrogen (secondary N) is 2. The molecule has 0 spiro atoms. The van der Waals surface area contributed by atoms with Crippen LogP contribution >= 0.6 is 23.5 Å². The number of hydrogen-bond donors (Lipinski definition) is 2. The highest BCUT2D eigenvalue weighted by molar-refractivity contribution is 8.15. The molecule has 2 fully saturated rings. The number of rotatable bonds is 8. The molecule has 0 aliphatic carbocycles. The molecule has 0 saturated carbocycles. The largest absolute Gasteiger partial charge is 0.365 e. The average molecular weight is 575 g/mol. The van der Waals surface area contributed by atoms with Gasteiger partial charge in [-0.25, -0.2) is 0 Å². The van der Waals surface area contributed by atoms with Gasteiger partial charge in [-0.3, -0.25) is 29.0 Å². The van der Waals surface area contributed by atoms with Crippen molar-refractivity contribution in [2.45, 2.75) is 51.5 Å². The summed E-state index contributed by atoms with van der Waals surface area (Å²) in [4.78, 5) is 53.8. The number of benzene rings is 3. The second-order valence-electron chi connectivity index (χ2n) is 10.1. The number of imide groups is 2. The zero-order chi connectivity index (χ0) is 28.6. The fourth-order valence-electron chi connectivity index (χ4n) is 4.71. The Morgan fingerprint density at radius 1 is 0.600 bits per heavy atom. The zero-order valence-electron chi connectivity index (χ0n) is 22.7. The third kappa shape index (κ3) is 5.88. The molecule has 3 aromatic rings. The Bertz CT molecular complexity index is 1400. The minimum absolute atomic E-state index is 0.148. The van der Waals surface area contributed by atoms with Gasteiger partial charge in [0.2, 0.25) is 0 Å². The van der Waals surface area contributed by atoms with E-state index in [0.29, 0.717) is 0 Å². The Hall–Kier alpha value is -3.76. The van der Waals surface area contributed by atoms with Crippen LogP contribution in [-0.2, 0) is 22.7 Å². The van der Waals surface area contributed by atoms with Crippen molar-refractivity contribution in [3.63, 3.8) is 0 Å². The lowest BCUT2D eigenvalue weighted by atomic mass is 10.1. The average Bonchev–Trinajstić information content (AvgIpc) is 3.32. The van der Waals surface area contributed by atoms with E-state index in [4.69, 9.17) is 0 Å². The first-order valence-electron chi connectivity index (χ1n) is 12.9. The summed E-state index contributed by atoms with van der Waals surface area (Å²) in [5, 5.41) is 4.42. The maximum absolute atomic E-state index is 13.0. The van der Waals surface area contributed by atoms with E-state index in [1.54, 1.807) is 0 Å². The Labute approximate surface area is 241 Å². The molecule has 2 aliphatic heterocycles. The van der Waals surface area contributed by atoms with Gasteiger partial charge in [0.15, 0.2) is 10.7 Å². The number of hydrogen-bond acceptors (Lipinski definition) is 8. The molecule has 2 saturated heterocycles. The highest BCUT2D eigenvalue weighted by Gasteiger charge is 2.41. The molecular formula is C30H30N4O4S2. The van der Waals surface area contributed by atoms with Crippen LogP contribution in [0.1, 0.15) is 33.4 Å². The molecular weight excluding hydrogens is 544 g/mol. The molecule has 2 atom stereocenters. The normalized spacial score (nSPS) is 19.1. The minimum atomic E-state index is -0.678. The molecule has 2 heterocycles. The van der Waals surface area contributed by atoms with Gasteiger partial charge >= 0.3 is 0 Å². The first kappa shape index (κ1) is 27.8. The number of amides is 4. The highest BCUT2D eigenvalue weighted by Crippen LogP contribution is 2.32. The van der Waals surface area contributed by atoms with Crippen molar-refractivity contribution in [2.75, 3.05) is 10.6 Å². The summed E-state index contributed by atoms with van der Waals surface area (Å²) in [6.45, 7) is 8.23. The van der Waals surface area contributed by atoms with Crippen molar-refractivity contribution >= 4 is 57.2 Å². The molecule has 2 aliphatic rings. The fourth-order valence-corrected chi connectivity index (χ4v) is 6.50. The second-order valence-corrected chi connectivity index (χ2v) is 12.2. The molecule has 2 N–H and O–H groups in total. The van der Waals surface area contributed by atoms with E-state index in [9.17, 15) is 19.2 Å². The summed E-state index contributed by atoms with van der Waals surface area (Å²) in [6, 6.07) is 19.1. The Morgan fingerprint density at radius 2 is 0.975 bits per heavy atom.